The lowest BCUT2D eigenvalue weighted by molar-refractivity contribution is -0.373. The van der Waals surface area contributed by atoms with Gasteiger partial charge in [-0.05, 0) is 86.4 Å². The molecule has 4 aliphatic heterocycles. The van der Waals surface area contributed by atoms with Crippen LogP contribution in [-0.2, 0) is 33.2 Å². The number of rotatable bonds is 13. The third-order valence-electron chi connectivity index (χ3n) is 18.1. The second-order valence-corrected chi connectivity index (χ2v) is 21.5. The van der Waals surface area contributed by atoms with Gasteiger partial charge in [0.05, 0.1) is 44.7 Å². The van der Waals surface area contributed by atoms with Crippen molar-refractivity contribution in [1.29, 1.82) is 0 Å². The zero-order chi connectivity index (χ0) is 47.1. The molecule has 0 aromatic rings. The molecule has 4 saturated carbocycles. The van der Waals surface area contributed by atoms with Crippen LogP contribution < -0.4 is 0 Å². The minimum absolute atomic E-state index is 0.0750. The fraction of sp³-hybridized carbons (Fsp3) is 1.00. The summed E-state index contributed by atoms with van der Waals surface area (Å²) in [6.45, 7) is 6.70. The number of hydrogen-bond donors (Lipinski definition) is 13. The lowest BCUT2D eigenvalue weighted by Gasteiger charge is -2.62. The minimum atomic E-state index is -1.77. The highest BCUT2D eigenvalue weighted by molar-refractivity contribution is 5.17. The molecule has 0 aromatic heterocycles. The number of ether oxygens (including phenoxy) is 7. The first-order valence-corrected chi connectivity index (χ1v) is 24.0. The van der Waals surface area contributed by atoms with Crippen molar-refractivity contribution >= 4 is 0 Å². The summed E-state index contributed by atoms with van der Waals surface area (Å²) in [6, 6.07) is 0. The predicted molar refractivity (Wildman–Crippen MR) is 220 cm³/mol. The van der Waals surface area contributed by atoms with E-state index in [1.165, 1.54) is 0 Å². The van der Waals surface area contributed by atoms with Crippen LogP contribution in [0.4, 0.5) is 0 Å². The van der Waals surface area contributed by atoms with Crippen molar-refractivity contribution in [3.8, 4) is 0 Å². The molecular formula is C45H76O20. The van der Waals surface area contributed by atoms with Crippen molar-refractivity contribution in [3.63, 3.8) is 0 Å². The Morgan fingerprint density at radius 3 is 1.86 bits per heavy atom. The smallest absolute Gasteiger partial charge is 0.187 e. The van der Waals surface area contributed by atoms with Crippen LogP contribution in [0.15, 0.2) is 0 Å². The minimum Gasteiger partial charge on any atom is -0.394 e. The van der Waals surface area contributed by atoms with E-state index < -0.39 is 129 Å². The zero-order valence-corrected chi connectivity index (χ0v) is 37.8. The van der Waals surface area contributed by atoms with Crippen LogP contribution in [0.3, 0.4) is 0 Å². The quantitative estimate of drug-likeness (QED) is 0.0829. The Labute approximate surface area is 379 Å². The highest BCUT2D eigenvalue weighted by Crippen LogP contribution is 2.71. The Bertz CT molecular complexity index is 1600. The van der Waals surface area contributed by atoms with Crippen LogP contribution in [0.5, 0.6) is 0 Å². The standard InChI is InChI=1S/C45H76O20/c1-18(17-59-40-37(56)34(53)31(50)26(14-46)61-40)7-10-45(58)19(2)30-25(65-45)12-24-22-6-5-20-11-21(8-9-43(20,3)23(22)13-29(49)44(24,30)4)60-42-39(36(55)33(52)28(16-48)63-42)64-41-38(57)35(54)32(51)27(15-47)62-41/h18-42,46-58H,5-17H2,1-4H3/t18-,19+,20-,21?,22?,23?,24?,25?,26-,27-,28-,29+,30?,31-,32-,33+,34+,35+,36+,37-,38-,39-,40-,41+,42-,43+,44-,45?/m1/s1. The highest BCUT2D eigenvalue weighted by atomic mass is 16.8. The van der Waals surface area contributed by atoms with E-state index in [9.17, 15) is 66.4 Å². The van der Waals surface area contributed by atoms with Crippen molar-refractivity contribution in [1.82, 2.24) is 0 Å². The number of fused-ring (bicyclic) bond motifs is 7. The number of aliphatic hydroxyl groups excluding tert-OH is 12. The Morgan fingerprint density at radius 1 is 0.646 bits per heavy atom. The molecule has 13 N–H and O–H groups in total. The highest BCUT2D eigenvalue weighted by Gasteiger charge is 2.71. The van der Waals surface area contributed by atoms with Gasteiger partial charge in [-0.3, -0.25) is 0 Å². The van der Waals surface area contributed by atoms with Gasteiger partial charge in [-0.2, -0.15) is 0 Å². The predicted octanol–water partition coefficient (Wildman–Crippen LogP) is -2.81. The van der Waals surface area contributed by atoms with E-state index in [1.54, 1.807) is 0 Å². The van der Waals surface area contributed by atoms with Crippen LogP contribution >= 0.6 is 0 Å². The number of aliphatic hydroxyl groups is 13. The average Bonchev–Trinajstić information content (AvgIpc) is 3.73. The third-order valence-corrected chi connectivity index (χ3v) is 18.1. The SMILES string of the molecule is C[C@H](CCC1(O)OC2CC3C4CC[C@@H]5CC(O[C@@H]6O[C@H](CO)[C@H](O)[C@H](O)[C@H]6O[C@@H]6O[C@H](CO)[C@@H](O)[C@H](O)[C@H]6O)CC[C@]5(C)C4C[C@H](O)[C@]3(C)C2[C@@H]1C)CO[C@@H]1O[C@H](CO)[C@@H](O)[C@H](O)[C@H]1O. The van der Waals surface area contributed by atoms with Crippen LogP contribution in [0.1, 0.15) is 85.5 Å². The van der Waals surface area contributed by atoms with Gasteiger partial charge >= 0.3 is 0 Å². The van der Waals surface area contributed by atoms with Crippen LogP contribution in [-0.4, -0.2) is 209 Å². The van der Waals surface area contributed by atoms with Crippen molar-refractivity contribution in [2.75, 3.05) is 26.4 Å². The van der Waals surface area contributed by atoms with E-state index in [-0.39, 0.29) is 59.7 Å². The van der Waals surface area contributed by atoms with Gasteiger partial charge in [0.25, 0.3) is 0 Å². The molecule has 4 heterocycles. The van der Waals surface area contributed by atoms with Gasteiger partial charge in [0.15, 0.2) is 24.7 Å². The van der Waals surface area contributed by atoms with Gasteiger partial charge < -0.3 is 99.5 Å². The third kappa shape index (κ3) is 8.78. The molecule has 8 rings (SSSR count). The molecule has 8 aliphatic rings. The maximum atomic E-state index is 12.3. The molecule has 28 atom stereocenters. The second-order valence-electron chi connectivity index (χ2n) is 21.5. The fourth-order valence-corrected chi connectivity index (χ4v) is 14.1. The molecule has 8 fully saturated rings. The normalized spacial score (nSPS) is 56.1. The molecular weight excluding hydrogens is 860 g/mol. The maximum absolute atomic E-state index is 12.3. The lowest BCUT2D eigenvalue weighted by Crippen LogP contribution is -2.65. The second kappa shape index (κ2) is 19.4. The molecule has 0 spiro atoms. The topological polar surface area (TPSA) is 328 Å². The van der Waals surface area contributed by atoms with Crippen molar-refractivity contribution in [2.24, 2.45) is 52.3 Å². The van der Waals surface area contributed by atoms with Crippen LogP contribution in [0.2, 0.25) is 0 Å². The summed E-state index contributed by atoms with van der Waals surface area (Å²) in [7, 11) is 0. The summed E-state index contributed by atoms with van der Waals surface area (Å²) >= 11 is 0. The molecule has 4 saturated heterocycles. The van der Waals surface area contributed by atoms with Gasteiger partial charge in [-0.25, -0.2) is 0 Å². The van der Waals surface area contributed by atoms with Gasteiger partial charge in [0.1, 0.15) is 73.2 Å². The van der Waals surface area contributed by atoms with E-state index in [2.05, 4.69) is 13.8 Å². The molecule has 376 valence electrons. The Hall–Kier alpha value is -0.800. The zero-order valence-electron chi connectivity index (χ0n) is 37.8. The molecule has 20 heteroatoms. The van der Waals surface area contributed by atoms with E-state index in [1.807, 2.05) is 13.8 Å². The molecule has 7 unspecified atom stereocenters. The van der Waals surface area contributed by atoms with Gasteiger partial charge in [-0.15, -0.1) is 0 Å². The van der Waals surface area contributed by atoms with E-state index in [4.69, 9.17) is 33.2 Å². The van der Waals surface area contributed by atoms with Crippen molar-refractivity contribution in [2.45, 2.75) is 202 Å². The first-order valence-electron chi connectivity index (χ1n) is 24.0. The van der Waals surface area contributed by atoms with E-state index >= 15 is 0 Å². The summed E-state index contributed by atoms with van der Waals surface area (Å²) in [5.74, 6) is -0.943. The molecule has 0 aromatic carbocycles. The molecule has 0 radical (unpaired) electrons. The molecule has 20 nitrogen and oxygen atoms in total. The van der Waals surface area contributed by atoms with Gasteiger partial charge in [0, 0.05) is 23.7 Å². The monoisotopic (exact) mass is 936 g/mol. The Kier molecular flexibility index (Phi) is 15.1. The molecule has 0 bridgehead atoms. The molecule has 65 heavy (non-hydrogen) atoms. The summed E-state index contributed by atoms with van der Waals surface area (Å²) in [5.41, 5.74) is -0.618. The average molecular weight is 937 g/mol. The summed E-state index contributed by atoms with van der Waals surface area (Å²) < 4.78 is 41.8. The van der Waals surface area contributed by atoms with E-state index in [0.717, 1.165) is 25.7 Å². The van der Waals surface area contributed by atoms with Gasteiger partial charge in [-0.1, -0.05) is 27.7 Å². The molecule has 0 amide bonds. The van der Waals surface area contributed by atoms with E-state index in [0.29, 0.717) is 38.0 Å². The van der Waals surface area contributed by atoms with Gasteiger partial charge in [0.2, 0.25) is 0 Å². The number of hydrogen-bond acceptors (Lipinski definition) is 20. The fourth-order valence-electron chi connectivity index (χ4n) is 14.1. The van der Waals surface area contributed by atoms with Crippen molar-refractivity contribution in [3.05, 3.63) is 0 Å². The Morgan fingerprint density at radius 2 is 1.23 bits per heavy atom. The lowest BCUT2D eigenvalue weighted by atomic mass is 9.43. The molecule has 4 aliphatic carbocycles. The maximum Gasteiger partial charge on any atom is 0.187 e. The van der Waals surface area contributed by atoms with Crippen LogP contribution in [0, 0.1) is 52.3 Å². The van der Waals surface area contributed by atoms with Crippen LogP contribution in [0.25, 0.3) is 0 Å². The first-order chi connectivity index (χ1) is 30.7. The Balaban J connectivity index is 0.886. The largest absolute Gasteiger partial charge is 0.394 e. The first kappa shape index (κ1) is 50.6. The van der Waals surface area contributed by atoms with Crippen molar-refractivity contribution < 1.29 is 99.5 Å². The summed E-state index contributed by atoms with van der Waals surface area (Å²) in [4.78, 5) is 0. The summed E-state index contributed by atoms with van der Waals surface area (Å²) in [5, 5.41) is 137. The summed E-state index contributed by atoms with van der Waals surface area (Å²) in [6.07, 6.45) is -17.3.